The van der Waals surface area contributed by atoms with E-state index in [2.05, 4.69) is 17.9 Å². The molecule has 0 unspecified atom stereocenters. The number of anilines is 1. The van der Waals surface area contributed by atoms with E-state index in [4.69, 9.17) is 0 Å². The maximum absolute atomic E-state index is 10.9. The Morgan fingerprint density at radius 3 is 2.85 bits per heavy atom. The molecule has 3 nitrogen and oxygen atoms in total. The predicted molar refractivity (Wildman–Crippen MR) is 55.3 cm³/mol. The van der Waals surface area contributed by atoms with Gasteiger partial charge in [0.2, 0.25) is 5.91 Å². The van der Waals surface area contributed by atoms with Gasteiger partial charge in [0.05, 0.1) is 11.4 Å². The van der Waals surface area contributed by atoms with Crippen molar-refractivity contribution in [2.45, 2.75) is 6.92 Å². The molecule has 0 saturated carbocycles. The van der Waals surface area contributed by atoms with E-state index in [1.54, 1.807) is 12.1 Å². The average Bonchev–Trinajstić information content (AvgIpc) is 2.09. The SMILES string of the molecule is Cc1ccc(NC(=O)CS)c(O)c1. The predicted octanol–water partition coefficient (Wildman–Crippen LogP) is 1.57. The maximum Gasteiger partial charge on any atom is 0.234 e. The third-order valence-electron chi connectivity index (χ3n) is 1.57. The first kappa shape index (κ1) is 9.92. The quantitative estimate of drug-likeness (QED) is 0.498. The number of nitrogens with one attached hydrogen (secondary N) is 1. The van der Waals surface area contributed by atoms with Crippen LogP contribution in [0.25, 0.3) is 0 Å². The first-order chi connectivity index (χ1) is 6.13. The van der Waals surface area contributed by atoms with Crippen LogP contribution in [0.4, 0.5) is 5.69 Å². The number of aromatic hydroxyl groups is 1. The molecule has 0 fully saturated rings. The third-order valence-corrected chi connectivity index (χ3v) is 1.86. The van der Waals surface area contributed by atoms with E-state index in [1.165, 1.54) is 0 Å². The van der Waals surface area contributed by atoms with E-state index in [0.29, 0.717) is 5.69 Å². The van der Waals surface area contributed by atoms with Crippen LogP contribution in [0.2, 0.25) is 0 Å². The number of amides is 1. The zero-order valence-electron chi connectivity index (χ0n) is 7.24. The van der Waals surface area contributed by atoms with Crippen molar-refractivity contribution in [2.75, 3.05) is 11.1 Å². The molecule has 70 valence electrons. The first-order valence-corrected chi connectivity index (χ1v) is 4.47. The summed E-state index contributed by atoms with van der Waals surface area (Å²) in [5.41, 5.74) is 1.37. The van der Waals surface area contributed by atoms with Gasteiger partial charge in [0.25, 0.3) is 0 Å². The molecule has 0 heterocycles. The number of benzene rings is 1. The Kier molecular flexibility index (Phi) is 3.19. The minimum Gasteiger partial charge on any atom is -0.506 e. The highest BCUT2D eigenvalue weighted by molar-refractivity contribution is 7.81. The lowest BCUT2D eigenvalue weighted by Gasteiger charge is -2.05. The third kappa shape index (κ3) is 2.66. The number of hydrogen-bond acceptors (Lipinski definition) is 3. The summed E-state index contributed by atoms with van der Waals surface area (Å²) in [6.07, 6.45) is 0. The van der Waals surface area contributed by atoms with Crippen LogP contribution in [0.5, 0.6) is 5.75 Å². The summed E-state index contributed by atoms with van der Waals surface area (Å²) in [5.74, 6) is -0.0505. The Morgan fingerprint density at radius 2 is 2.31 bits per heavy atom. The van der Waals surface area contributed by atoms with Crippen LogP contribution in [0.3, 0.4) is 0 Å². The highest BCUT2D eigenvalue weighted by Crippen LogP contribution is 2.23. The first-order valence-electron chi connectivity index (χ1n) is 3.84. The number of thiol groups is 1. The second-order valence-electron chi connectivity index (χ2n) is 2.73. The van der Waals surface area contributed by atoms with Crippen LogP contribution in [0.15, 0.2) is 18.2 Å². The van der Waals surface area contributed by atoms with Crippen molar-refractivity contribution in [2.24, 2.45) is 0 Å². The lowest BCUT2D eigenvalue weighted by Crippen LogP contribution is -2.12. The van der Waals surface area contributed by atoms with Crippen LogP contribution in [-0.4, -0.2) is 16.8 Å². The fourth-order valence-electron chi connectivity index (χ4n) is 0.937. The van der Waals surface area contributed by atoms with Gasteiger partial charge in [-0.3, -0.25) is 4.79 Å². The van der Waals surface area contributed by atoms with Gasteiger partial charge in [-0.25, -0.2) is 0 Å². The number of hydrogen-bond donors (Lipinski definition) is 3. The molecule has 2 N–H and O–H groups in total. The topological polar surface area (TPSA) is 49.3 Å². The maximum atomic E-state index is 10.9. The number of aryl methyl sites for hydroxylation is 1. The molecule has 0 saturated heterocycles. The summed E-state index contributed by atoms with van der Waals surface area (Å²) < 4.78 is 0. The number of rotatable bonds is 2. The fraction of sp³-hybridized carbons (Fsp3) is 0.222. The molecule has 0 bridgehead atoms. The molecule has 1 aromatic rings. The Balaban J connectivity index is 2.83. The van der Waals surface area contributed by atoms with E-state index in [9.17, 15) is 9.90 Å². The second-order valence-corrected chi connectivity index (χ2v) is 3.04. The number of carbonyl (C=O) groups is 1. The Morgan fingerprint density at radius 1 is 1.62 bits per heavy atom. The molecule has 0 aromatic heterocycles. The second kappa shape index (κ2) is 4.18. The van der Waals surface area contributed by atoms with Gasteiger partial charge in [0.15, 0.2) is 0 Å². The summed E-state index contributed by atoms with van der Waals surface area (Å²) in [6, 6.07) is 5.06. The molecule has 1 rings (SSSR count). The molecule has 0 atom stereocenters. The van der Waals surface area contributed by atoms with Gasteiger partial charge in [-0.2, -0.15) is 12.6 Å². The van der Waals surface area contributed by atoms with E-state index < -0.39 is 0 Å². The summed E-state index contributed by atoms with van der Waals surface area (Å²) in [5, 5.41) is 11.9. The number of phenols is 1. The molecule has 0 radical (unpaired) electrons. The molecule has 4 heteroatoms. The van der Waals surface area contributed by atoms with Crippen molar-refractivity contribution in [3.63, 3.8) is 0 Å². The van der Waals surface area contributed by atoms with Crippen LogP contribution in [0.1, 0.15) is 5.56 Å². The molecule has 1 aromatic carbocycles. The van der Waals surface area contributed by atoms with Gasteiger partial charge >= 0.3 is 0 Å². The van der Waals surface area contributed by atoms with E-state index in [-0.39, 0.29) is 17.4 Å². The molecule has 0 aliphatic rings. The molecular weight excluding hydrogens is 186 g/mol. The summed E-state index contributed by atoms with van der Waals surface area (Å²) in [4.78, 5) is 10.9. The van der Waals surface area contributed by atoms with Crippen molar-refractivity contribution < 1.29 is 9.90 Å². The zero-order valence-corrected chi connectivity index (χ0v) is 8.14. The van der Waals surface area contributed by atoms with E-state index >= 15 is 0 Å². The number of carbonyl (C=O) groups excluding carboxylic acids is 1. The summed E-state index contributed by atoms with van der Waals surface area (Å²) in [7, 11) is 0. The van der Waals surface area contributed by atoms with Gasteiger partial charge in [-0.05, 0) is 24.6 Å². The van der Waals surface area contributed by atoms with E-state index in [1.807, 2.05) is 13.0 Å². The van der Waals surface area contributed by atoms with Gasteiger partial charge < -0.3 is 10.4 Å². The standard InChI is InChI=1S/C9H11NO2S/c1-6-2-3-7(8(11)4-6)10-9(12)5-13/h2-4,11,13H,5H2,1H3,(H,10,12). The van der Waals surface area contributed by atoms with Gasteiger partial charge in [0, 0.05) is 0 Å². The van der Waals surface area contributed by atoms with Crippen molar-refractivity contribution in [3.8, 4) is 5.75 Å². The Hall–Kier alpha value is -1.16. The lowest BCUT2D eigenvalue weighted by molar-refractivity contribution is -0.113. The van der Waals surface area contributed by atoms with Gasteiger partial charge in [-0.15, -0.1) is 0 Å². The number of phenolic OH excluding ortho intramolecular Hbond substituents is 1. The van der Waals surface area contributed by atoms with Crippen LogP contribution in [0, 0.1) is 6.92 Å². The molecule has 0 spiro atoms. The summed E-state index contributed by atoms with van der Waals surface area (Å²) in [6.45, 7) is 1.87. The van der Waals surface area contributed by atoms with Crippen molar-refractivity contribution in [1.29, 1.82) is 0 Å². The minimum atomic E-state index is -0.234. The largest absolute Gasteiger partial charge is 0.506 e. The molecule has 0 aliphatic heterocycles. The van der Waals surface area contributed by atoms with Gasteiger partial charge in [0.1, 0.15) is 5.75 Å². The van der Waals surface area contributed by atoms with Crippen molar-refractivity contribution >= 4 is 24.2 Å². The minimum absolute atomic E-state index is 0.0788. The summed E-state index contributed by atoms with van der Waals surface area (Å²) >= 11 is 3.81. The lowest BCUT2D eigenvalue weighted by atomic mass is 10.2. The van der Waals surface area contributed by atoms with Gasteiger partial charge in [-0.1, -0.05) is 6.07 Å². The fourth-order valence-corrected chi connectivity index (χ4v) is 1.02. The highest BCUT2D eigenvalue weighted by atomic mass is 32.1. The van der Waals surface area contributed by atoms with Crippen molar-refractivity contribution in [3.05, 3.63) is 23.8 Å². The smallest absolute Gasteiger partial charge is 0.234 e. The molecular formula is C9H11NO2S. The Labute approximate surface area is 82.2 Å². The van der Waals surface area contributed by atoms with Crippen molar-refractivity contribution in [1.82, 2.24) is 0 Å². The molecule has 0 aliphatic carbocycles. The highest BCUT2D eigenvalue weighted by Gasteiger charge is 2.03. The normalized spacial score (nSPS) is 9.69. The molecule has 13 heavy (non-hydrogen) atoms. The van der Waals surface area contributed by atoms with Crippen LogP contribution < -0.4 is 5.32 Å². The van der Waals surface area contributed by atoms with Crippen LogP contribution in [-0.2, 0) is 4.79 Å². The van der Waals surface area contributed by atoms with E-state index in [0.717, 1.165) is 5.56 Å². The molecule has 1 amide bonds. The van der Waals surface area contributed by atoms with Crippen LogP contribution >= 0.6 is 12.6 Å². The zero-order chi connectivity index (χ0) is 9.84. The Bertz CT molecular complexity index is 325. The monoisotopic (exact) mass is 197 g/mol. The average molecular weight is 197 g/mol.